The van der Waals surface area contributed by atoms with E-state index in [9.17, 15) is 13.2 Å². The summed E-state index contributed by atoms with van der Waals surface area (Å²) in [6.45, 7) is 8.25. The van der Waals surface area contributed by atoms with E-state index in [1.165, 1.54) is 0 Å². The van der Waals surface area contributed by atoms with Crippen LogP contribution in [0.3, 0.4) is 0 Å². The van der Waals surface area contributed by atoms with Crippen LogP contribution in [0.2, 0.25) is 0 Å². The molecule has 2 aliphatic rings. The van der Waals surface area contributed by atoms with E-state index in [0.717, 1.165) is 38.4 Å². The van der Waals surface area contributed by atoms with Crippen molar-refractivity contribution in [3.05, 3.63) is 17.5 Å². The average molecular weight is 340 g/mol. The molecule has 0 saturated carbocycles. The standard InChI is InChI=1S/C15H24N4O3S/c1-3-17-5-7-18(8-6-17)15(20)14-10-16-19(12(14)2)13-4-9-23(21,22)11-13/h10,13H,3-9,11H2,1-2H3. The van der Waals surface area contributed by atoms with Crippen LogP contribution in [0.1, 0.15) is 35.4 Å². The van der Waals surface area contributed by atoms with Crippen molar-refractivity contribution >= 4 is 15.7 Å². The van der Waals surface area contributed by atoms with Gasteiger partial charge in [0, 0.05) is 31.9 Å². The number of carbonyl (C=O) groups is 1. The molecule has 23 heavy (non-hydrogen) atoms. The highest BCUT2D eigenvalue weighted by atomic mass is 32.2. The molecule has 0 spiro atoms. The minimum Gasteiger partial charge on any atom is -0.336 e. The summed E-state index contributed by atoms with van der Waals surface area (Å²) < 4.78 is 25.0. The van der Waals surface area contributed by atoms with Crippen LogP contribution in [-0.2, 0) is 9.84 Å². The van der Waals surface area contributed by atoms with Crippen LogP contribution in [0.5, 0.6) is 0 Å². The molecule has 2 fully saturated rings. The largest absolute Gasteiger partial charge is 0.336 e. The van der Waals surface area contributed by atoms with E-state index in [0.29, 0.717) is 12.0 Å². The molecule has 0 bridgehead atoms. The first-order valence-electron chi connectivity index (χ1n) is 8.17. The molecule has 128 valence electrons. The van der Waals surface area contributed by atoms with Crippen molar-refractivity contribution in [2.45, 2.75) is 26.3 Å². The van der Waals surface area contributed by atoms with Gasteiger partial charge in [0.25, 0.3) is 5.91 Å². The van der Waals surface area contributed by atoms with Crippen LogP contribution in [0.4, 0.5) is 0 Å². The Kier molecular flexibility index (Phi) is 4.46. The first kappa shape index (κ1) is 16.4. The number of amides is 1. The Labute approximate surface area is 137 Å². The lowest BCUT2D eigenvalue weighted by Gasteiger charge is -2.34. The Hall–Kier alpha value is -1.41. The highest BCUT2D eigenvalue weighted by Crippen LogP contribution is 2.25. The van der Waals surface area contributed by atoms with Crippen LogP contribution in [0.25, 0.3) is 0 Å². The van der Waals surface area contributed by atoms with Gasteiger partial charge in [0.1, 0.15) is 0 Å². The van der Waals surface area contributed by atoms with Crippen molar-refractivity contribution in [2.24, 2.45) is 0 Å². The zero-order chi connectivity index (χ0) is 16.6. The molecule has 3 rings (SSSR count). The summed E-state index contributed by atoms with van der Waals surface area (Å²) in [5.74, 6) is 0.336. The number of carbonyl (C=O) groups excluding carboxylic acids is 1. The summed E-state index contributed by atoms with van der Waals surface area (Å²) in [6.07, 6.45) is 2.17. The second kappa shape index (κ2) is 6.24. The van der Waals surface area contributed by atoms with Gasteiger partial charge in [0.15, 0.2) is 9.84 Å². The molecular formula is C15H24N4O3S. The highest BCUT2D eigenvalue weighted by molar-refractivity contribution is 7.91. The SMILES string of the molecule is CCN1CCN(C(=O)c2cnn(C3CCS(=O)(=O)C3)c2C)CC1. The minimum absolute atomic E-state index is 0.00496. The topological polar surface area (TPSA) is 75.5 Å². The molecule has 0 radical (unpaired) electrons. The molecule has 7 nitrogen and oxygen atoms in total. The summed E-state index contributed by atoms with van der Waals surface area (Å²) in [5, 5.41) is 4.30. The predicted molar refractivity (Wildman–Crippen MR) is 87.3 cm³/mol. The Balaban J connectivity index is 1.73. The van der Waals surface area contributed by atoms with Gasteiger partial charge in [-0.2, -0.15) is 5.10 Å². The first-order chi connectivity index (χ1) is 10.9. The Bertz CT molecular complexity index is 690. The van der Waals surface area contributed by atoms with Crippen molar-refractivity contribution in [1.82, 2.24) is 19.6 Å². The van der Waals surface area contributed by atoms with Gasteiger partial charge in [0.2, 0.25) is 0 Å². The molecule has 1 unspecified atom stereocenters. The molecule has 2 saturated heterocycles. The van der Waals surface area contributed by atoms with Gasteiger partial charge in [0.05, 0.1) is 29.3 Å². The number of nitrogens with zero attached hydrogens (tertiary/aromatic N) is 4. The Morgan fingerprint density at radius 2 is 2.00 bits per heavy atom. The summed E-state index contributed by atoms with van der Waals surface area (Å²) in [4.78, 5) is 16.9. The van der Waals surface area contributed by atoms with E-state index in [1.807, 2.05) is 11.8 Å². The summed E-state index contributed by atoms with van der Waals surface area (Å²) >= 11 is 0. The van der Waals surface area contributed by atoms with Crippen molar-refractivity contribution in [1.29, 1.82) is 0 Å². The van der Waals surface area contributed by atoms with Crippen molar-refractivity contribution in [3.63, 3.8) is 0 Å². The van der Waals surface area contributed by atoms with Crippen molar-refractivity contribution in [2.75, 3.05) is 44.2 Å². The normalized spacial score (nSPS) is 25.0. The molecule has 1 aromatic rings. The number of rotatable bonds is 3. The van der Waals surface area contributed by atoms with Gasteiger partial charge < -0.3 is 9.80 Å². The van der Waals surface area contributed by atoms with Crippen molar-refractivity contribution in [3.8, 4) is 0 Å². The van der Waals surface area contributed by atoms with E-state index < -0.39 is 9.84 Å². The molecule has 0 aliphatic carbocycles. The Morgan fingerprint density at radius 1 is 1.30 bits per heavy atom. The predicted octanol–water partition coefficient (Wildman–Crippen LogP) is 0.329. The molecule has 3 heterocycles. The lowest BCUT2D eigenvalue weighted by Crippen LogP contribution is -2.48. The molecule has 2 aliphatic heterocycles. The number of hydrogen-bond donors (Lipinski definition) is 0. The molecule has 0 N–H and O–H groups in total. The smallest absolute Gasteiger partial charge is 0.257 e. The third-order valence-corrected chi connectivity index (χ3v) is 6.69. The fourth-order valence-electron chi connectivity index (χ4n) is 3.41. The van der Waals surface area contributed by atoms with E-state index in [4.69, 9.17) is 0 Å². The van der Waals surface area contributed by atoms with Crippen LogP contribution >= 0.6 is 0 Å². The molecule has 0 aromatic carbocycles. The second-order valence-electron chi connectivity index (χ2n) is 6.37. The van der Waals surface area contributed by atoms with Gasteiger partial charge in [-0.05, 0) is 19.9 Å². The lowest BCUT2D eigenvalue weighted by molar-refractivity contribution is 0.0642. The van der Waals surface area contributed by atoms with Gasteiger partial charge in [-0.15, -0.1) is 0 Å². The summed E-state index contributed by atoms with van der Waals surface area (Å²) in [5.41, 5.74) is 1.37. The third kappa shape index (κ3) is 3.28. The number of aromatic nitrogens is 2. The van der Waals surface area contributed by atoms with Crippen LogP contribution in [-0.4, -0.2) is 78.1 Å². The van der Waals surface area contributed by atoms with E-state index >= 15 is 0 Å². The molecular weight excluding hydrogens is 316 g/mol. The molecule has 1 amide bonds. The van der Waals surface area contributed by atoms with Gasteiger partial charge in [-0.1, -0.05) is 6.92 Å². The van der Waals surface area contributed by atoms with E-state index in [-0.39, 0.29) is 23.5 Å². The van der Waals surface area contributed by atoms with Gasteiger partial charge in [-0.25, -0.2) is 8.42 Å². The highest BCUT2D eigenvalue weighted by Gasteiger charge is 2.32. The third-order valence-electron chi connectivity index (χ3n) is 4.94. The average Bonchev–Trinajstić information content (AvgIpc) is 3.09. The fraction of sp³-hybridized carbons (Fsp3) is 0.733. The monoisotopic (exact) mass is 340 g/mol. The van der Waals surface area contributed by atoms with Crippen LogP contribution in [0.15, 0.2) is 6.20 Å². The zero-order valence-electron chi connectivity index (χ0n) is 13.7. The number of piperazine rings is 1. The first-order valence-corrected chi connectivity index (χ1v) is 9.99. The molecule has 1 aromatic heterocycles. The number of hydrogen-bond acceptors (Lipinski definition) is 5. The Morgan fingerprint density at radius 3 is 2.57 bits per heavy atom. The summed E-state index contributed by atoms with van der Waals surface area (Å²) in [7, 11) is -2.96. The minimum atomic E-state index is -2.96. The fourth-order valence-corrected chi connectivity index (χ4v) is 5.10. The summed E-state index contributed by atoms with van der Waals surface area (Å²) in [6, 6.07) is -0.140. The van der Waals surface area contributed by atoms with E-state index in [2.05, 4.69) is 16.9 Å². The lowest BCUT2D eigenvalue weighted by atomic mass is 10.2. The molecule has 8 heteroatoms. The zero-order valence-corrected chi connectivity index (χ0v) is 14.5. The van der Waals surface area contributed by atoms with Gasteiger partial charge >= 0.3 is 0 Å². The van der Waals surface area contributed by atoms with Crippen molar-refractivity contribution < 1.29 is 13.2 Å². The molecule has 1 atom stereocenters. The maximum Gasteiger partial charge on any atom is 0.257 e. The maximum absolute atomic E-state index is 12.7. The quantitative estimate of drug-likeness (QED) is 0.793. The number of sulfone groups is 1. The van der Waals surface area contributed by atoms with E-state index in [1.54, 1.807) is 10.9 Å². The van der Waals surface area contributed by atoms with Crippen LogP contribution < -0.4 is 0 Å². The van der Waals surface area contributed by atoms with Gasteiger partial charge in [-0.3, -0.25) is 9.48 Å². The van der Waals surface area contributed by atoms with Crippen LogP contribution in [0, 0.1) is 6.92 Å². The second-order valence-corrected chi connectivity index (χ2v) is 8.60. The maximum atomic E-state index is 12.7. The number of likely N-dealkylation sites (N-methyl/N-ethyl adjacent to an activating group) is 1.